The van der Waals surface area contributed by atoms with Crippen LogP contribution < -0.4 is 10.5 Å². The summed E-state index contributed by atoms with van der Waals surface area (Å²) in [7, 11) is 1.66. The molecule has 0 heterocycles. The van der Waals surface area contributed by atoms with Crippen molar-refractivity contribution in [1.29, 1.82) is 0 Å². The molecule has 0 aliphatic rings. The Labute approximate surface area is 119 Å². The molecule has 2 rings (SSSR count). The van der Waals surface area contributed by atoms with Crippen molar-refractivity contribution in [2.24, 2.45) is 0 Å². The van der Waals surface area contributed by atoms with Crippen molar-refractivity contribution in [2.45, 2.75) is 0 Å². The van der Waals surface area contributed by atoms with Crippen LogP contribution in [0.15, 0.2) is 42.5 Å². The Morgan fingerprint density at radius 1 is 1.17 bits per heavy atom. The summed E-state index contributed by atoms with van der Waals surface area (Å²) in [5.41, 5.74) is 6.91. The normalized spacial score (nSPS) is 9.44. The van der Waals surface area contributed by atoms with E-state index in [2.05, 4.69) is 5.32 Å². The number of halogens is 1. The SMILES string of the molecule is C[N-]c1ccc(N)cc1Oc1cccc(F)c1.[W]. The summed E-state index contributed by atoms with van der Waals surface area (Å²) in [6, 6.07) is 11.1. The third kappa shape index (κ3) is 3.47. The summed E-state index contributed by atoms with van der Waals surface area (Å²) in [6.45, 7) is 0. The molecule has 0 amide bonds. The molecular weight excluding hydrogens is 403 g/mol. The Morgan fingerprint density at radius 2 is 1.94 bits per heavy atom. The van der Waals surface area contributed by atoms with Crippen LogP contribution in [-0.2, 0) is 21.1 Å². The maximum Gasteiger partial charge on any atom is 0.130 e. The molecule has 0 unspecified atom stereocenters. The third-order valence-corrected chi connectivity index (χ3v) is 2.25. The predicted molar refractivity (Wildman–Crippen MR) is 66.3 cm³/mol. The standard InChI is InChI=1S/C13H12FN2O.W/c1-16-12-6-5-10(15)8-13(12)17-11-4-2-3-9(14)7-11;/h2-8H,15H2,1H3;/q-1;. The average Bonchev–Trinajstić information content (AvgIpc) is 2.29. The monoisotopic (exact) mass is 415 g/mol. The van der Waals surface area contributed by atoms with Crippen LogP contribution in [-0.4, -0.2) is 7.05 Å². The molecule has 0 saturated carbocycles. The second-order valence-corrected chi connectivity index (χ2v) is 3.51. The minimum absolute atomic E-state index is 0. The molecule has 0 atom stereocenters. The van der Waals surface area contributed by atoms with Gasteiger partial charge in [0.1, 0.15) is 17.3 Å². The van der Waals surface area contributed by atoms with Crippen molar-refractivity contribution in [1.82, 2.24) is 0 Å². The molecule has 0 aliphatic heterocycles. The summed E-state index contributed by atoms with van der Waals surface area (Å²) >= 11 is 0. The zero-order valence-corrected chi connectivity index (χ0v) is 12.7. The number of nitrogen functional groups attached to an aromatic ring is 1. The number of ether oxygens (including phenoxy) is 1. The number of benzene rings is 2. The van der Waals surface area contributed by atoms with Gasteiger partial charge in [0.25, 0.3) is 0 Å². The van der Waals surface area contributed by atoms with E-state index in [0.717, 1.165) is 0 Å². The molecule has 2 aromatic rings. The number of rotatable bonds is 3. The molecule has 2 N–H and O–H groups in total. The van der Waals surface area contributed by atoms with Crippen molar-refractivity contribution in [3.63, 3.8) is 0 Å². The first-order valence-corrected chi connectivity index (χ1v) is 5.12. The first kappa shape index (κ1) is 14.5. The quantitative estimate of drug-likeness (QED) is 0.775. The molecule has 0 aliphatic carbocycles. The van der Waals surface area contributed by atoms with Gasteiger partial charge in [-0.3, -0.25) is 0 Å². The van der Waals surface area contributed by atoms with E-state index < -0.39 is 0 Å². The van der Waals surface area contributed by atoms with Crippen LogP contribution in [0, 0.1) is 5.82 Å². The summed E-state index contributed by atoms with van der Waals surface area (Å²) in [6.07, 6.45) is 0. The van der Waals surface area contributed by atoms with Gasteiger partial charge in [-0.25, -0.2) is 4.39 Å². The first-order chi connectivity index (χ1) is 8.19. The number of anilines is 1. The minimum Gasteiger partial charge on any atom is -0.684 e. The molecular formula is C13H12FN2OW-. The van der Waals surface area contributed by atoms with Crippen LogP contribution >= 0.6 is 0 Å². The third-order valence-electron chi connectivity index (χ3n) is 2.25. The van der Waals surface area contributed by atoms with Crippen molar-refractivity contribution in [3.8, 4) is 11.5 Å². The second-order valence-electron chi connectivity index (χ2n) is 3.51. The molecule has 18 heavy (non-hydrogen) atoms. The zero-order chi connectivity index (χ0) is 12.3. The largest absolute Gasteiger partial charge is 0.684 e. The molecule has 2 aromatic carbocycles. The van der Waals surface area contributed by atoms with Crippen molar-refractivity contribution >= 4 is 11.4 Å². The Balaban J connectivity index is 0.00000162. The molecule has 3 nitrogen and oxygen atoms in total. The van der Waals surface area contributed by atoms with E-state index in [1.165, 1.54) is 12.1 Å². The smallest absolute Gasteiger partial charge is 0.130 e. The van der Waals surface area contributed by atoms with Gasteiger partial charge in [0.05, 0.1) is 0 Å². The minimum atomic E-state index is -0.346. The topological polar surface area (TPSA) is 49.4 Å². The van der Waals surface area contributed by atoms with Crippen LogP contribution in [0.3, 0.4) is 0 Å². The molecule has 0 saturated heterocycles. The van der Waals surface area contributed by atoms with Crippen molar-refractivity contribution in [3.05, 3.63) is 53.6 Å². The van der Waals surface area contributed by atoms with E-state index in [-0.39, 0.29) is 26.9 Å². The van der Waals surface area contributed by atoms with Gasteiger partial charge in [-0.2, -0.15) is 0 Å². The maximum absolute atomic E-state index is 13.0. The number of hydrogen-bond donors (Lipinski definition) is 1. The predicted octanol–water partition coefficient (Wildman–Crippen LogP) is 3.83. The summed E-state index contributed by atoms with van der Waals surface area (Å²) in [4.78, 5) is 0. The fourth-order valence-corrected chi connectivity index (χ4v) is 1.45. The van der Waals surface area contributed by atoms with E-state index in [1.807, 2.05) is 0 Å². The maximum atomic E-state index is 13.0. The summed E-state index contributed by atoms with van der Waals surface area (Å²) < 4.78 is 18.6. The van der Waals surface area contributed by atoms with E-state index in [1.54, 1.807) is 37.4 Å². The van der Waals surface area contributed by atoms with Crippen LogP contribution in [0.25, 0.3) is 5.32 Å². The van der Waals surface area contributed by atoms with Gasteiger partial charge in [0.2, 0.25) is 0 Å². The van der Waals surface area contributed by atoms with E-state index in [0.29, 0.717) is 22.9 Å². The molecule has 0 radical (unpaired) electrons. The van der Waals surface area contributed by atoms with Gasteiger partial charge in [-0.1, -0.05) is 17.8 Å². The number of nitrogens with two attached hydrogens (primary N) is 1. The molecule has 0 bridgehead atoms. The molecule has 0 spiro atoms. The van der Waals surface area contributed by atoms with Crippen molar-refractivity contribution in [2.75, 3.05) is 12.8 Å². The second kappa shape index (κ2) is 6.41. The average molecular weight is 415 g/mol. The molecule has 94 valence electrons. The van der Waals surface area contributed by atoms with Crippen LogP contribution in [0.2, 0.25) is 0 Å². The van der Waals surface area contributed by atoms with Gasteiger partial charge < -0.3 is 15.8 Å². The Morgan fingerprint density at radius 3 is 2.61 bits per heavy atom. The zero-order valence-electron chi connectivity index (χ0n) is 9.76. The van der Waals surface area contributed by atoms with E-state index >= 15 is 0 Å². The Bertz CT molecular complexity index is 534. The fourth-order valence-electron chi connectivity index (χ4n) is 1.45. The molecule has 5 heteroatoms. The Hall–Kier alpha value is -1.54. The van der Waals surface area contributed by atoms with Gasteiger partial charge in [0, 0.05) is 38.9 Å². The van der Waals surface area contributed by atoms with Crippen LogP contribution in [0.5, 0.6) is 11.5 Å². The molecule has 0 aromatic heterocycles. The van der Waals surface area contributed by atoms with Gasteiger partial charge in [-0.15, -0.1) is 7.05 Å². The number of nitrogens with zero attached hydrogens (tertiary/aromatic N) is 1. The molecule has 0 fully saturated rings. The Kier molecular flexibility index (Phi) is 5.17. The number of hydrogen-bond acceptors (Lipinski definition) is 2. The van der Waals surface area contributed by atoms with E-state index in [9.17, 15) is 4.39 Å². The van der Waals surface area contributed by atoms with Crippen molar-refractivity contribution < 1.29 is 30.2 Å². The van der Waals surface area contributed by atoms with Gasteiger partial charge >= 0.3 is 0 Å². The summed E-state index contributed by atoms with van der Waals surface area (Å²) in [5.74, 6) is 0.583. The fraction of sp³-hybridized carbons (Fsp3) is 0.0769. The van der Waals surface area contributed by atoms with Gasteiger partial charge in [0.15, 0.2) is 0 Å². The first-order valence-electron chi connectivity index (χ1n) is 5.12. The van der Waals surface area contributed by atoms with Gasteiger partial charge in [-0.05, 0) is 18.2 Å². The van der Waals surface area contributed by atoms with E-state index in [4.69, 9.17) is 10.5 Å². The van der Waals surface area contributed by atoms with Crippen LogP contribution in [0.1, 0.15) is 0 Å². The van der Waals surface area contributed by atoms with Crippen LogP contribution in [0.4, 0.5) is 15.8 Å². The summed E-state index contributed by atoms with van der Waals surface area (Å²) in [5, 5.41) is 4.06.